The van der Waals surface area contributed by atoms with E-state index in [-0.39, 0.29) is 41.7 Å². The number of hydrogen-bond acceptors (Lipinski definition) is 10. The van der Waals surface area contributed by atoms with Gasteiger partial charge in [-0.15, -0.1) is 11.3 Å². The second kappa shape index (κ2) is 10.5. The Labute approximate surface area is 221 Å². The van der Waals surface area contributed by atoms with E-state index in [0.717, 1.165) is 6.07 Å². The summed E-state index contributed by atoms with van der Waals surface area (Å²) in [5.41, 5.74) is -1.10. The topological polar surface area (TPSA) is 138 Å². The molecule has 2 N–H and O–H groups in total. The number of aliphatic imine (C=N–C) groups is 1. The fourth-order valence-corrected chi connectivity index (χ4v) is 6.96. The van der Waals surface area contributed by atoms with Crippen LogP contribution in [0.4, 0.5) is 4.39 Å². The van der Waals surface area contributed by atoms with Gasteiger partial charge >= 0.3 is 11.9 Å². The van der Waals surface area contributed by atoms with Crippen molar-refractivity contribution in [1.29, 1.82) is 0 Å². The molecule has 0 aliphatic carbocycles. The number of carboxylic acid groups (broad SMARTS) is 1. The lowest BCUT2D eigenvalue weighted by Crippen LogP contribution is -2.62. The minimum atomic E-state index is -3.59. The predicted octanol–water partition coefficient (Wildman–Crippen LogP) is 2.42. The van der Waals surface area contributed by atoms with Crippen LogP contribution < -0.4 is 5.32 Å². The molecule has 14 heteroatoms. The van der Waals surface area contributed by atoms with E-state index >= 15 is 0 Å². The molecule has 0 amide bonds. The molecule has 2 atom stereocenters. The number of carbonyl (C=O) groups is 2. The molecular formula is C23H24ClFN4O6S2. The van der Waals surface area contributed by atoms with Crippen molar-refractivity contribution >= 4 is 50.5 Å². The first-order valence-electron chi connectivity index (χ1n) is 11.2. The van der Waals surface area contributed by atoms with Crippen molar-refractivity contribution in [2.45, 2.75) is 25.4 Å². The van der Waals surface area contributed by atoms with Gasteiger partial charge in [-0.3, -0.25) is 14.7 Å². The standard InChI is InChI=1S/C23H24ClFN4O6S2/c1-3-35-21(30)17-16(11-29-7-9-37(33,34)12-23(29,2)22(31)32)27-19(20-26-6-8-36-20)28-18(17)14-5-4-13(25)10-15(14)24/h4-6,8,10,18H,3,7,9,11-12H2,1-2H3,(H,27,28)(H,31,32). The van der Waals surface area contributed by atoms with Crippen molar-refractivity contribution in [3.63, 3.8) is 0 Å². The zero-order chi connectivity index (χ0) is 27.0. The van der Waals surface area contributed by atoms with Crippen LogP contribution in [0.5, 0.6) is 0 Å². The number of thiazole rings is 1. The summed E-state index contributed by atoms with van der Waals surface area (Å²) in [5, 5.41) is 15.3. The van der Waals surface area contributed by atoms with E-state index in [0.29, 0.717) is 16.4 Å². The number of ether oxygens (including phenoxy) is 1. The Hall–Kier alpha value is -2.87. The van der Waals surface area contributed by atoms with Crippen LogP contribution in [-0.4, -0.2) is 77.9 Å². The summed E-state index contributed by atoms with van der Waals surface area (Å²) in [4.78, 5) is 35.9. The number of sulfone groups is 1. The van der Waals surface area contributed by atoms with E-state index in [2.05, 4.69) is 15.3 Å². The summed E-state index contributed by atoms with van der Waals surface area (Å²) in [6, 6.07) is 2.70. The second-order valence-electron chi connectivity index (χ2n) is 8.71. The van der Waals surface area contributed by atoms with Crippen molar-refractivity contribution in [3.8, 4) is 0 Å². The molecule has 2 aliphatic heterocycles. The largest absolute Gasteiger partial charge is 0.480 e. The van der Waals surface area contributed by atoms with Crippen LogP contribution in [0.1, 0.15) is 30.5 Å². The summed E-state index contributed by atoms with van der Waals surface area (Å²) in [5.74, 6) is -3.13. The van der Waals surface area contributed by atoms with Gasteiger partial charge in [-0.25, -0.2) is 22.6 Å². The molecule has 0 bridgehead atoms. The van der Waals surface area contributed by atoms with Crippen molar-refractivity contribution in [2.75, 3.05) is 31.2 Å². The zero-order valence-corrected chi connectivity index (χ0v) is 22.3. The van der Waals surface area contributed by atoms with Gasteiger partial charge < -0.3 is 15.2 Å². The molecule has 37 heavy (non-hydrogen) atoms. The lowest BCUT2D eigenvalue weighted by molar-refractivity contribution is -0.149. The molecule has 1 fully saturated rings. The highest BCUT2D eigenvalue weighted by Crippen LogP contribution is 2.37. The number of benzene rings is 1. The average molecular weight is 571 g/mol. The number of esters is 1. The molecule has 3 heterocycles. The molecule has 0 radical (unpaired) electrons. The number of carboxylic acids is 1. The number of aliphatic carboxylic acids is 1. The Balaban J connectivity index is 1.87. The van der Waals surface area contributed by atoms with Gasteiger partial charge in [0.1, 0.15) is 17.4 Å². The molecule has 2 unspecified atom stereocenters. The highest BCUT2D eigenvalue weighted by Gasteiger charge is 2.48. The fourth-order valence-electron chi connectivity index (χ4n) is 4.30. The number of hydrogen-bond donors (Lipinski definition) is 2. The summed E-state index contributed by atoms with van der Waals surface area (Å²) in [6.45, 7) is 2.82. The number of amidine groups is 1. The SMILES string of the molecule is CCOC(=O)C1=C(CN2CCS(=O)(=O)CC2(C)C(=O)O)NC(c2nccs2)=NC1c1ccc(F)cc1Cl. The third kappa shape index (κ3) is 5.54. The molecule has 1 aromatic heterocycles. The number of nitrogens with zero attached hydrogens (tertiary/aromatic N) is 3. The van der Waals surface area contributed by atoms with Gasteiger partial charge in [0.05, 0.1) is 23.7 Å². The van der Waals surface area contributed by atoms with Gasteiger partial charge in [0.2, 0.25) is 0 Å². The first kappa shape index (κ1) is 27.2. The summed E-state index contributed by atoms with van der Waals surface area (Å²) >= 11 is 7.65. The lowest BCUT2D eigenvalue weighted by Gasteiger charge is -2.42. The maximum absolute atomic E-state index is 13.8. The van der Waals surface area contributed by atoms with Crippen molar-refractivity contribution in [1.82, 2.24) is 15.2 Å². The molecule has 10 nitrogen and oxygen atoms in total. The van der Waals surface area contributed by atoms with Crippen molar-refractivity contribution in [3.05, 3.63) is 62.5 Å². The zero-order valence-electron chi connectivity index (χ0n) is 19.9. The Morgan fingerprint density at radius 1 is 1.41 bits per heavy atom. The van der Waals surface area contributed by atoms with E-state index in [4.69, 9.17) is 16.3 Å². The molecule has 2 aromatic rings. The Bertz CT molecular complexity index is 1400. The van der Waals surface area contributed by atoms with Crippen LogP contribution in [-0.2, 0) is 24.2 Å². The molecule has 1 aromatic carbocycles. The second-order valence-corrected chi connectivity index (χ2v) is 12.2. The van der Waals surface area contributed by atoms with Crippen molar-refractivity contribution < 1.29 is 32.2 Å². The van der Waals surface area contributed by atoms with Gasteiger partial charge in [0.15, 0.2) is 20.7 Å². The van der Waals surface area contributed by atoms with E-state index in [1.807, 2.05) is 0 Å². The third-order valence-corrected chi connectivity index (χ3v) is 9.11. The quantitative estimate of drug-likeness (QED) is 0.480. The molecule has 0 saturated carbocycles. The first-order chi connectivity index (χ1) is 17.4. The molecule has 4 rings (SSSR count). The van der Waals surface area contributed by atoms with Gasteiger partial charge in [-0.2, -0.15) is 0 Å². The summed E-state index contributed by atoms with van der Waals surface area (Å²) in [7, 11) is -3.59. The van der Waals surface area contributed by atoms with Crippen molar-refractivity contribution in [2.24, 2.45) is 4.99 Å². The van der Waals surface area contributed by atoms with Crippen LogP contribution in [0, 0.1) is 5.82 Å². The highest BCUT2D eigenvalue weighted by molar-refractivity contribution is 7.91. The average Bonchev–Trinajstić information content (AvgIpc) is 3.35. The molecule has 0 spiro atoms. The number of halogens is 2. The Morgan fingerprint density at radius 2 is 2.16 bits per heavy atom. The lowest BCUT2D eigenvalue weighted by atomic mass is 9.94. The van der Waals surface area contributed by atoms with Crippen LogP contribution in [0.2, 0.25) is 5.02 Å². The van der Waals surface area contributed by atoms with Crippen LogP contribution in [0.25, 0.3) is 0 Å². The van der Waals surface area contributed by atoms with Crippen LogP contribution >= 0.6 is 22.9 Å². The summed E-state index contributed by atoms with van der Waals surface area (Å²) in [6.07, 6.45) is 1.57. The maximum Gasteiger partial charge on any atom is 0.338 e. The fraction of sp³-hybridized carbons (Fsp3) is 0.391. The van der Waals surface area contributed by atoms with Gasteiger partial charge in [-0.05, 0) is 26.0 Å². The molecular weight excluding hydrogens is 547 g/mol. The third-order valence-electron chi connectivity index (χ3n) is 6.19. The van der Waals surface area contributed by atoms with E-state index < -0.39 is 44.9 Å². The number of nitrogens with one attached hydrogen (secondary N) is 1. The minimum Gasteiger partial charge on any atom is -0.480 e. The van der Waals surface area contributed by atoms with E-state index in [9.17, 15) is 27.5 Å². The molecule has 1 saturated heterocycles. The smallest absolute Gasteiger partial charge is 0.338 e. The van der Waals surface area contributed by atoms with Crippen LogP contribution in [0.15, 0.2) is 46.0 Å². The van der Waals surface area contributed by atoms with Gasteiger partial charge in [-0.1, -0.05) is 17.7 Å². The first-order valence-corrected chi connectivity index (χ1v) is 14.3. The maximum atomic E-state index is 13.8. The number of carbonyl (C=O) groups excluding carboxylic acids is 1. The Kier molecular flexibility index (Phi) is 7.70. The summed E-state index contributed by atoms with van der Waals surface area (Å²) < 4.78 is 43.8. The number of rotatable bonds is 7. The van der Waals surface area contributed by atoms with E-state index in [1.54, 1.807) is 18.5 Å². The predicted molar refractivity (Wildman–Crippen MR) is 136 cm³/mol. The molecule has 198 valence electrons. The number of aromatic nitrogens is 1. The van der Waals surface area contributed by atoms with Gasteiger partial charge in [0.25, 0.3) is 0 Å². The highest BCUT2D eigenvalue weighted by atomic mass is 35.5. The van der Waals surface area contributed by atoms with Gasteiger partial charge in [0, 0.05) is 40.9 Å². The normalized spacial score (nSPS) is 23.8. The Morgan fingerprint density at radius 3 is 2.78 bits per heavy atom. The van der Waals surface area contributed by atoms with Crippen LogP contribution in [0.3, 0.4) is 0 Å². The van der Waals surface area contributed by atoms with E-state index in [1.165, 1.54) is 35.3 Å². The monoisotopic (exact) mass is 570 g/mol. The minimum absolute atomic E-state index is 0.0368. The molecule has 2 aliphatic rings.